The van der Waals surface area contributed by atoms with Crippen LogP contribution >= 0.6 is 12.4 Å². The Bertz CT molecular complexity index is 804. The van der Waals surface area contributed by atoms with Gasteiger partial charge in [-0.05, 0) is 42.8 Å². The molecule has 0 atom stereocenters. The van der Waals surface area contributed by atoms with E-state index in [0.29, 0.717) is 48.8 Å². The summed E-state index contributed by atoms with van der Waals surface area (Å²) in [6, 6.07) is 12.1. The molecule has 0 unspecified atom stereocenters. The Morgan fingerprint density at radius 3 is 2.50 bits per heavy atom. The topological polar surface area (TPSA) is 84.7 Å². The summed E-state index contributed by atoms with van der Waals surface area (Å²) in [4.78, 5) is 26.8. The minimum absolute atomic E-state index is 0. The molecule has 0 bridgehead atoms. The predicted octanol–water partition coefficient (Wildman–Crippen LogP) is 2.72. The van der Waals surface area contributed by atoms with Gasteiger partial charge in [-0.1, -0.05) is 12.1 Å². The maximum atomic E-state index is 12.6. The van der Waals surface area contributed by atoms with Crippen LogP contribution in [0.5, 0.6) is 0 Å². The molecule has 1 heterocycles. The number of amides is 2. The third kappa shape index (κ3) is 4.53. The molecule has 138 valence electrons. The Kier molecular flexibility index (Phi) is 6.60. The molecule has 0 saturated carbocycles. The van der Waals surface area contributed by atoms with Crippen molar-refractivity contribution in [3.05, 3.63) is 59.2 Å². The molecular weight excluding hydrogens is 354 g/mol. The quantitative estimate of drug-likeness (QED) is 0.808. The van der Waals surface area contributed by atoms with E-state index in [1.807, 2.05) is 13.0 Å². The predicted molar refractivity (Wildman–Crippen MR) is 104 cm³/mol. The number of morpholine rings is 1. The molecule has 3 N–H and O–H groups in total. The summed E-state index contributed by atoms with van der Waals surface area (Å²) >= 11 is 0. The lowest BCUT2D eigenvalue weighted by atomic mass is 10.1. The van der Waals surface area contributed by atoms with E-state index in [4.69, 9.17) is 10.5 Å². The Hall–Kier alpha value is -2.57. The van der Waals surface area contributed by atoms with Gasteiger partial charge in [-0.2, -0.15) is 0 Å². The number of aryl methyl sites for hydroxylation is 1. The van der Waals surface area contributed by atoms with Crippen molar-refractivity contribution in [1.82, 2.24) is 4.90 Å². The fraction of sp³-hybridized carbons (Fsp3) is 0.263. The Balaban J connectivity index is 0.00000243. The molecule has 2 aromatic carbocycles. The third-order valence-corrected chi connectivity index (χ3v) is 4.18. The van der Waals surface area contributed by atoms with Crippen molar-refractivity contribution < 1.29 is 14.3 Å². The van der Waals surface area contributed by atoms with Gasteiger partial charge >= 0.3 is 0 Å². The molecule has 2 amide bonds. The van der Waals surface area contributed by atoms with Crippen molar-refractivity contribution in [2.24, 2.45) is 0 Å². The number of carbonyl (C=O) groups excluding carboxylic acids is 2. The SMILES string of the molecule is Cc1ccc(C(=O)N2CCOCC2)cc1NC(=O)c1cccc(N)c1.Cl. The van der Waals surface area contributed by atoms with E-state index >= 15 is 0 Å². The number of halogens is 1. The third-order valence-electron chi connectivity index (χ3n) is 4.18. The molecule has 0 spiro atoms. The Labute approximate surface area is 158 Å². The highest BCUT2D eigenvalue weighted by molar-refractivity contribution is 6.06. The van der Waals surface area contributed by atoms with Gasteiger partial charge in [0.1, 0.15) is 0 Å². The van der Waals surface area contributed by atoms with Crippen LogP contribution in [-0.2, 0) is 4.74 Å². The second kappa shape index (κ2) is 8.69. The van der Waals surface area contributed by atoms with Gasteiger partial charge in [-0.3, -0.25) is 9.59 Å². The van der Waals surface area contributed by atoms with Crippen LogP contribution < -0.4 is 11.1 Å². The zero-order chi connectivity index (χ0) is 17.8. The van der Waals surface area contributed by atoms with Crippen LogP contribution in [0.2, 0.25) is 0 Å². The van der Waals surface area contributed by atoms with Crippen molar-refractivity contribution in [3.63, 3.8) is 0 Å². The van der Waals surface area contributed by atoms with Crippen LogP contribution in [0.1, 0.15) is 26.3 Å². The van der Waals surface area contributed by atoms with E-state index in [0.717, 1.165) is 5.56 Å². The maximum Gasteiger partial charge on any atom is 0.255 e. The average molecular weight is 376 g/mol. The van der Waals surface area contributed by atoms with E-state index in [1.165, 1.54) is 0 Å². The number of ether oxygens (including phenoxy) is 1. The monoisotopic (exact) mass is 375 g/mol. The lowest BCUT2D eigenvalue weighted by molar-refractivity contribution is 0.0303. The van der Waals surface area contributed by atoms with Crippen molar-refractivity contribution in [3.8, 4) is 0 Å². The number of nitrogens with two attached hydrogens (primary N) is 1. The molecular formula is C19H22ClN3O3. The molecule has 7 heteroatoms. The smallest absolute Gasteiger partial charge is 0.255 e. The van der Waals surface area contributed by atoms with E-state index in [9.17, 15) is 9.59 Å². The van der Waals surface area contributed by atoms with Crippen LogP contribution in [0, 0.1) is 6.92 Å². The van der Waals surface area contributed by atoms with E-state index in [-0.39, 0.29) is 24.2 Å². The summed E-state index contributed by atoms with van der Waals surface area (Å²) in [5, 5.41) is 2.86. The summed E-state index contributed by atoms with van der Waals surface area (Å²) in [6.07, 6.45) is 0. The zero-order valence-corrected chi connectivity index (χ0v) is 15.3. The van der Waals surface area contributed by atoms with Crippen LogP contribution in [0.15, 0.2) is 42.5 Å². The average Bonchev–Trinajstić information content (AvgIpc) is 2.63. The van der Waals surface area contributed by atoms with Crippen LogP contribution in [-0.4, -0.2) is 43.0 Å². The largest absolute Gasteiger partial charge is 0.399 e. The number of anilines is 2. The van der Waals surface area contributed by atoms with E-state index < -0.39 is 0 Å². The van der Waals surface area contributed by atoms with Gasteiger partial charge in [0.05, 0.1) is 13.2 Å². The molecule has 1 fully saturated rings. The van der Waals surface area contributed by atoms with Gasteiger partial charge in [-0.25, -0.2) is 0 Å². The number of carbonyl (C=O) groups is 2. The first kappa shape index (κ1) is 19.8. The fourth-order valence-corrected chi connectivity index (χ4v) is 2.71. The summed E-state index contributed by atoms with van der Waals surface area (Å²) < 4.78 is 5.28. The molecule has 0 aliphatic carbocycles. The normalized spacial score (nSPS) is 13.7. The van der Waals surface area contributed by atoms with Crippen molar-refractivity contribution in [2.45, 2.75) is 6.92 Å². The standard InChI is InChI=1S/C19H21N3O3.ClH/c1-13-5-6-15(19(24)22-7-9-25-10-8-22)12-17(13)21-18(23)14-3-2-4-16(20)11-14;/h2-6,11-12H,7-10,20H2,1H3,(H,21,23);1H. The molecule has 0 radical (unpaired) electrons. The van der Waals surface area contributed by atoms with Crippen LogP contribution in [0.25, 0.3) is 0 Å². The Morgan fingerprint density at radius 1 is 1.08 bits per heavy atom. The molecule has 1 aliphatic heterocycles. The first-order valence-corrected chi connectivity index (χ1v) is 8.19. The lowest BCUT2D eigenvalue weighted by Gasteiger charge is -2.27. The van der Waals surface area contributed by atoms with Crippen LogP contribution in [0.3, 0.4) is 0 Å². The molecule has 1 saturated heterocycles. The van der Waals surface area contributed by atoms with Gasteiger partial charge < -0.3 is 20.7 Å². The van der Waals surface area contributed by atoms with Crippen molar-refractivity contribution >= 4 is 35.6 Å². The summed E-state index contributed by atoms with van der Waals surface area (Å²) in [7, 11) is 0. The first-order chi connectivity index (χ1) is 12.0. The fourth-order valence-electron chi connectivity index (χ4n) is 2.71. The highest BCUT2D eigenvalue weighted by Gasteiger charge is 2.19. The van der Waals surface area contributed by atoms with Crippen molar-refractivity contribution in [1.29, 1.82) is 0 Å². The van der Waals surface area contributed by atoms with Gasteiger partial charge in [0.2, 0.25) is 0 Å². The number of nitrogen functional groups attached to an aromatic ring is 1. The number of nitrogens with one attached hydrogen (secondary N) is 1. The molecule has 0 aromatic heterocycles. The number of benzene rings is 2. The molecule has 26 heavy (non-hydrogen) atoms. The zero-order valence-electron chi connectivity index (χ0n) is 14.5. The number of rotatable bonds is 3. The van der Waals surface area contributed by atoms with E-state index in [2.05, 4.69) is 5.32 Å². The summed E-state index contributed by atoms with van der Waals surface area (Å²) in [5.41, 5.74) is 8.78. The number of hydrogen-bond donors (Lipinski definition) is 2. The minimum Gasteiger partial charge on any atom is -0.399 e. The minimum atomic E-state index is -0.258. The highest BCUT2D eigenvalue weighted by Crippen LogP contribution is 2.20. The highest BCUT2D eigenvalue weighted by atomic mass is 35.5. The van der Waals surface area contributed by atoms with Gasteiger partial charge in [0.15, 0.2) is 0 Å². The summed E-state index contributed by atoms with van der Waals surface area (Å²) in [5.74, 6) is -0.311. The number of hydrogen-bond acceptors (Lipinski definition) is 4. The first-order valence-electron chi connectivity index (χ1n) is 8.19. The second-order valence-electron chi connectivity index (χ2n) is 6.01. The second-order valence-corrected chi connectivity index (χ2v) is 6.01. The van der Waals surface area contributed by atoms with Gasteiger partial charge in [0, 0.05) is 35.6 Å². The molecule has 3 rings (SSSR count). The van der Waals surface area contributed by atoms with Crippen molar-refractivity contribution in [2.75, 3.05) is 37.4 Å². The van der Waals surface area contributed by atoms with E-state index in [1.54, 1.807) is 41.3 Å². The van der Waals surface area contributed by atoms with Gasteiger partial charge in [-0.15, -0.1) is 12.4 Å². The molecule has 2 aromatic rings. The van der Waals surface area contributed by atoms with Gasteiger partial charge in [0.25, 0.3) is 11.8 Å². The van der Waals surface area contributed by atoms with Crippen LogP contribution in [0.4, 0.5) is 11.4 Å². The maximum absolute atomic E-state index is 12.6. The number of nitrogens with zero attached hydrogens (tertiary/aromatic N) is 1. The Morgan fingerprint density at radius 2 is 1.81 bits per heavy atom. The molecule has 1 aliphatic rings. The summed E-state index contributed by atoms with van der Waals surface area (Å²) in [6.45, 7) is 4.15. The lowest BCUT2D eigenvalue weighted by Crippen LogP contribution is -2.40. The molecule has 6 nitrogen and oxygen atoms in total.